The molecule has 2 aromatic rings. The number of carbonyl (C=O) groups excluding carboxylic acids is 2. The molecule has 0 aliphatic rings. The molecule has 0 unspecified atom stereocenters. The molecule has 0 bridgehead atoms. The van der Waals surface area contributed by atoms with E-state index in [0.717, 1.165) is 10.6 Å². The average Bonchev–Trinajstić information content (AvgIpc) is 2.91. The summed E-state index contributed by atoms with van der Waals surface area (Å²) in [5, 5.41) is 7.08. The van der Waals surface area contributed by atoms with Crippen molar-refractivity contribution in [3.63, 3.8) is 0 Å². The van der Waals surface area contributed by atoms with Crippen LogP contribution in [0.1, 0.15) is 16.2 Å². The second-order valence-electron chi connectivity index (χ2n) is 4.18. The van der Waals surface area contributed by atoms with E-state index in [0.29, 0.717) is 5.02 Å². The summed E-state index contributed by atoms with van der Waals surface area (Å²) in [6, 6.07) is 8.74. The number of benzene rings is 1. The van der Waals surface area contributed by atoms with E-state index in [1.807, 2.05) is 12.1 Å². The number of carbonyl (C=O) groups is 2. The van der Waals surface area contributed by atoms with Gasteiger partial charge in [0.05, 0.1) is 5.75 Å². The van der Waals surface area contributed by atoms with Crippen molar-refractivity contribution in [3.05, 3.63) is 46.7 Å². The first kappa shape index (κ1) is 15.4. The van der Waals surface area contributed by atoms with Gasteiger partial charge in [-0.1, -0.05) is 11.6 Å². The van der Waals surface area contributed by atoms with Crippen molar-refractivity contribution in [3.8, 4) is 0 Å². The number of amides is 2. The molecular formula is C13H13ClN4O2S. The predicted molar refractivity (Wildman–Crippen MR) is 81.1 cm³/mol. The molecule has 0 spiro atoms. The monoisotopic (exact) mass is 324 g/mol. The Labute approximate surface area is 130 Å². The normalized spacial score (nSPS) is 10.2. The molecule has 0 saturated heterocycles. The third kappa shape index (κ3) is 4.80. The van der Waals surface area contributed by atoms with E-state index in [4.69, 9.17) is 11.6 Å². The number of hydrogen-bond acceptors (Lipinski definition) is 4. The Morgan fingerprint density at radius 1 is 1.29 bits per heavy atom. The molecule has 21 heavy (non-hydrogen) atoms. The minimum atomic E-state index is -0.468. The summed E-state index contributed by atoms with van der Waals surface area (Å²) in [4.78, 5) is 24.2. The Morgan fingerprint density at radius 3 is 2.62 bits per heavy atom. The van der Waals surface area contributed by atoms with E-state index < -0.39 is 5.91 Å². The van der Waals surface area contributed by atoms with Gasteiger partial charge in [-0.3, -0.25) is 25.5 Å². The maximum Gasteiger partial charge on any atom is 0.290 e. The highest BCUT2D eigenvalue weighted by Gasteiger charge is 2.10. The van der Waals surface area contributed by atoms with Gasteiger partial charge in [0.25, 0.3) is 5.91 Å². The molecule has 2 amide bonds. The lowest BCUT2D eigenvalue weighted by atomic mass is 10.4. The third-order valence-corrected chi connectivity index (χ3v) is 3.70. The first-order valence-corrected chi connectivity index (χ1v) is 7.40. The first-order valence-electron chi connectivity index (χ1n) is 6.04. The van der Waals surface area contributed by atoms with Crippen molar-refractivity contribution in [1.82, 2.24) is 21.0 Å². The summed E-state index contributed by atoms with van der Waals surface area (Å²) in [5.41, 5.74) is 5.62. The predicted octanol–water partition coefficient (Wildman–Crippen LogP) is 1.92. The summed E-state index contributed by atoms with van der Waals surface area (Å²) in [6.45, 7) is 1.78. The summed E-state index contributed by atoms with van der Waals surface area (Å²) in [5.74, 6) is -0.596. The zero-order chi connectivity index (χ0) is 15.2. The Bertz CT molecular complexity index is 642. The molecule has 0 radical (unpaired) electrons. The van der Waals surface area contributed by atoms with Crippen molar-refractivity contribution in [2.75, 3.05) is 5.75 Å². The smallest absolute Gasteiger partial charge is 0.282 e. The highest BCUT2D eigenvalue weighted by atomic mass is 35.5. The van der Waals surface area contributed by atoms with Crippen LogP contribution in [0.2, 0.25) is 5.02 Å². The van der Waals surface area contributed by atoms with Gasteiger partial charge in [-0.25, -0.2) is 0 Å². The molecule has 0 atom stereocenters. The number of aromatic nitrogens is 2. The molecule has 8 heteroatoms. The number of hydrogen-bond donors (Lipinski definition) is 3. The minimum absolute atomic E-state index is 0.182. The topological polar surface area (TPSA) is 86.9 Å². The van der Waals surface area contributed by atoms with Gasteiger partial charge < -0.3 is 0 Å². The molecule has 6 nitrogen and oxygen atoms in total. The molecule has 0 aliphatic carbocycles. The molecule has 1 aromatic carbocycles. The molecule has 0 aliphatic heterocycles. The molecule has 110 valence electrons. The number of thioether (sulfide) groups is 1. The highest BCUT2D eigenvalue weighted by Crippen LogP contribution is 2.19. The van der Waals surface area contributed by atoms with E-state index in [9.17, 15) is 9.59 Å². The van der Waals surface area contributed by atoms with Gasteiger partial charge in [-0.15, -0.1) is 11.8 Å². The number of H-pyrrole nitrogens is 1. The molecule has 2 rings (SSSR count). The minimum Gasteiger partial charge on any atom is -0.282 e. The molecule has 1 heterocycles. The first-order chi connectivity index (χ1) is 10.0. The lowest BCUT2D eigenvalue weighted by molar-refractivity contribution is -0.119. The summed E-state index contributed by atoms with van der Waals surface area (Å²) >= 11 is 7.12. The molecule has 0 fully saturated rings. The second-order valence-corrected chi connectivity index (χ2v) is 5.67. The zero-order valence-electron chi connectivity index (χ0n) is 11.1. The van der Waals surface area contributed by atoms with Gasteiger partial charge in [0.2, 0.25) is 5.91 Å². The Hall–Kier alpha value is -1.99. The van der Waals surface area contributed by atoms with Crippen LogP contribution in [-0.2, 0) is 4.79 Å². The van der Waals surface area contributed by atoms with Crippen LogP contribution in [0.3, 0.4) is 0 Å². The molecular weight excluding hydrogens is 312 g/mol. The van der Waals surface area contributed by atoms with Gasteiger partial charge in [0.1, 0.15) is 0 Å². The van der Waals surface area contributed by atoms with Gasteiger partial charge in [-0.2, -0.15) is 5.10 Å². The van der Waals surface area contributed by atoms with E-state index in [2.05, 4.69) is 21.0 Å². The number of hydrazine groups is 1. The number of halogens is 1. The maximum absolute atomic E-state index is 11.6. The van der Waals surface area contributed by atoms with Crippen LogP contribution in [0, 0.1) is 6.92 Å². The largest absolute Gasteiger partial charge is 0.290 e. The lowest BCUT2D eigenvalue weighted by Crippen LogP contribution is -2.42. The van der Waals surface area contributed by atoms with Gasteiger partial charge in [0.15, 0.2) is 5.69 Å². The van der Waals surface area contributed by atoms with Crippen molar-refractivity contribution in [1.29, 1.82) is 0 Å². The maximum atomic E-state index is 11.6. The number of aryl methyl sites for hydroxylation is 1. The fourth-order valence-corrected chi connectivity index (χ4v) is 2.27. The SMILES string of the molecule is Cc1cc(C(=O)NNC(=O)CSc2ccc(Cl)cc2)n[nH]1. The zero-order valence-corrected chi connectivity index (χ0v) is 12.7. The van der Waals surface area contributed by atoms with Crippen molar-refractivity contribution in [2.45, 2.75) is 11.8 Å². The Balaban J connectivity index is 1.74. The molecule has 0 saturated carbocycles. The van der Waals surface area contributed by atoms with Gasteiger partial charge in [-0.05, 0) is 37.3 Å². The van der Waals surface area contributed by atoms with Crippen LogP contribution in [0.25, 0.3) is 0 Å². The van der Waals surface area contributed by atoms with Crippen LogP contribution >= 0.6 is 23.4 Å². The van der Waals surface area contributed by atoms with E-state index in [1.165, 1.54) is 11.8 Å². The second kappa shape index (κ2) is 7.14. The lowest BCUT2D eigenvalue weighted by Gasteiger charge is -2.05. The molecule has 3 N–H and O–H groups in total. The van der Waals surface area contributed by atoms with Crippen LogP contribution in [0.5, 0.6) is 0 Å². The number of rotatable bonds is 4. The fraction of sp³-hybridized carbons (Fsp3) is 0.154. The Morgan fingerprint density at radius 2 is 2.00 bits per heavy atom. The fourth-order valence-electron chi connectivity index (χ4n) is 1.44. The Kier molecular flexibility index (Phi) is 5.24. The van der Waals surface area contributed by atoms with Crippen molar-refractivity contribution >= 4 is 35.2 Å². The van der Waals surface area contributed by atoms with E-state index in [1.54, 1.807) is 25.1 Å². The summed E-state index contributed by atoms with van der Waals surface area (Å²) in [7, 11) is 0. The van der Waals surface area contributed by atoms with Crippen LogP contribution < -0.4 is 10.9 Å². The average molecular weight is 325 g/mol. The molecule has 1 aromatic heterocycles. The van der Waals surface area contributed by atoms with Crippen LogP contribution in [-0.4, -0.2) is 27.8 Å². The van der Waals surface area contributed by atoms with Crippen LogP contribution in [0.4, 0.5) is 0 Å². The van der Waals surface area contributed by atoms with Crippen molar-refractivity contribution in [2.24, 2.45) is 0 Å². The summed E-state index contributed by atoms with van der Waals surface area (Å²) < 4.78 is 0. The van der Waals surface area contributed by atoms with E-state index >= 15 is 0 Å². The standard InChI is InChI=1S/C13H13ClN4O2S/c1-8-6-11(16-15-8)13(20)18-17-12(19)7-21-10-4-2-9(14)3-5-10/h2-6H,7H2,1H3,(H,15,16)(H,17,19)(H,18,20). The van der Waals surface area contributed by atoms with Crippen LogP contribution in [0.15, 0.2) is 35.2 Å². The highest BCUT2D eigenvalue weighted by molar-refractivity contribution is 8.00. The van der Waals surface area contributed by atoms with Gasteiger partial charge >= 0.3 is 0 Å². The number of aromatic amines is 1. The number of nitrogens with one attached hydrogen (secondary N) is 3. The van der Waals surface area contributed by atoms with Crippen molar-refractivity contribution < 1.29 is 9.59 Å². The number of nitrogens with zero attached hydrogens (tertiary/aromatic N) is 1. The van der Waals surface area contributed by atoms with Gasteiger partial charge in [0, 0.05) is 15.6 Å². The van der Waals surface area contributed by atoms with E-state index in [-0.39, 0.29) is 17.4 Å². The summed E-state index contributed by atoms with van der Waals surface area (Å²) in [6.07, 6.45) is 0. The quantitative estimate of drug-likeness (QED) is 0.592. The third-order valence-electron chi connectivity index (χ3n) is 2.44.